The summed E-state index contributed by atoms with van der Waals surface area (Å²) in [6, 6.07) is 19.3. The van der Waals surface area contributed by atoms with E-state index in [4.69, 9.17) is 34.8 Å². The van der Waals surface area contributed by atoms with Crippen molar-refractivity contribution in [2.75, 3.05) is 10.3 Å². The normalized spacial score (nSPS) is 20.3. The van der Waals surface area contributed by atoms with Crippen LogP contribution in [-0.2, 0) is 10.2 Å². The van der Waals surface area contributed by atoms with Gasteiger partial charge in [-0.25, -0.2) is 4.79 Å². The monoisotopic (exact) mass is 614 g/mol. The van der Waals surface area contributed by atoms with Crippen molar-refractivity contribution in [1.29, 1.82) is 0 Å². The van der Waals surface area contributed by atoms with Crippen LogP contribution in [0.3, 0.4) is 0 Å². The molecule has 0 fully saturated rings. The fourth-order valence-corrected chi connectivity index (χ4v) is 6.20. The standard InChI is InChI=1S/C23H15Br2Cl3N2O2/c24-12-23(16-3-1-2-4-17(16)25)20(22(31)32)29-30(19-10-9-15(27)11-18(19)28)21(23)13-5-7-14(26)8-6-13/h1-11,21H,12H2,(H,31,32). The SMILES string of the molecule is O=C(O)C1=NN(c2ccc(Cl)cc2Cl)C(c2ccc(Cl)cc2)C1(CBr)c1ccccc1Br. The highest BCUT2D eigenvalue weighted by Crippen LogP contribution is 2.53. The number of benzene rings is 3. The Labute approximate surface area is 217 Å². The summed E-state index contributed by atoms with van der Waals surface area (Å²) in [6.45, 7) is 0. The molecule has 0 saturated heterocycles. The van der Waals surface area contributed by atoms with Crippen LogP contribution in [0.2, 0.25) is 15.1 Å². The number of alkyl halides is 1. The number of hydrogen-bond acceptors (Lipinski definition) is 3. The lowest BCUT2D eigenvalue weighted by Gasteiger charge is -2.38. The third kappa shape index (κ3) is 3.97. The van der Waals surface area contributed by atoms with E-state index >= 15 is 0 Å². The average Bonchev–Trinajstić information content (AvgIpc) is 3.11. The van der Waals surface area contributed by atoms with Crippen molar-refractivity contribution in [3.8, 4) is 0 Å². The molecule has 0 amide bonds. The number of carbonyl (C=O) groups is 1. The summed E-state index contributed by atoms with van der Waals surface area (Å²) in [5.41, 5.74) is 1.10. The summed E-state index contributed by atoms with van der Waals surface area (Å²) >= 11 is 26.1. The van der Waals surface area contributed by atoms with Gasteiger partial charge in [0.25, 0.3) is 0 Å². The zero-order valence-electron chi connectivity index (χ0n) is 16.3. The first-order chi connectivity index (χ1) is 15.3. The van der Waals surface area contributed by atoms with Gasteiger partial charge in [-0.3, -0.25) is 5.01 Å². The molecule has 4 nitrogen and oxygen atoms in total. The highest BCUT2D eigenvalue weighted by molar-refractivity contribution is 9.10. The molecule has 1 aliphatic rings. The lowest BCUT2D eigenvalue weighted by molar-refractivity contribution is -0.129. The van der Waals surface area contributed by atoms with Crippen LogP contribution in [0, 0.1) is 0 Å². The fourth-order valence-electron chi connectivity index (χ4n) is 4.06. The van der Waals surface area contributed by atoms with E-state index in [0.29, 0.717) is 26.1 Å². The van der Waals surface area contributed by atoms with Crippen LogP contribution < -0.4 is 5.01 Å². The first-order valence-electron chi connectivity index (χ1n) is 9.42. The molecule has 9 heteroatoms. The second-order valence-corrected chi connectivity index (χ2v) is 9.93. The van der Waals surface area contributed by atoms with Crippen molar-refractivity contribution in [2.24, 2.45) is 5.10 Å². The lowest BCUT2D eigenvalue weighted by Crippen LogP contribution is -2.46. The first-order valence-corrected chi connectivity index (χ1v) is 12.5. The maximum absolute atomic E-state index is 12.5. The van der Waals surface area contributed by atoms with Gasteiger partial charge in [-0.15, -0.1) is 0 Å². The Morgan fingerprint density at radius 2 is 1.69 bits per heavy atom. The van der Waals surface area contributed by atoms with Crippen molar-refractivity contribution < 1.29 is 9.90 Å². The van der Waals surface area contributed by atoms with Gasteiger partial charge < -0.3 is 5.11 Å². The molecule has 0 bridgehead atoms. The van der Waals surface area contributed by atoms with Gasteiger partial charge in [0.15, 0.2) is 5.71 Å². The topological polar surface area (TPSA) is 52.9 Å². The predicted octanol–water partition coefficient (Wildman–Crippen LogP) is 7.74. The van der Waals surface area contributed by atoms with E-state index in [1.807, 2.05) is 36.4 Å². The maximum atomic E-state index is 12.5. The molecule has 3 aromatic carbocycles. The van der Waals surface area contributed by atoms with E-state index in [2.05, 4.69) is 37.0 Å². The Morgan fingerprint density at radius 1 is 1.03 bits per heavy atom. The first kappa shape index (κ1) is 23.6. The van der Waals surface area contributed by atoms with Crippen LogP contribution in [0.1, 0.15) is 17.2 Å². The molecule has 1 heterocycles. The van der Waals surface area contributed by atoms with Gasteiger partial charge in [0, 0.05) is 19.8 Å². The third-order valence-electron chi connectivity index (χ3n) is 5.45. The summed E-state index contributed by atoms with van der Waals surface area (Å²) in [4.78, 5) is 12.5. The molecule has 0 saturated carbocycles. The molecule has 1 N–H and O–H groups in total. The Hall–Kier alpha value is -1.57. The van der Waals surface area contributed by atoms with Gasteiger partial charge in [-0.2, -0.15) is 5.10 Å². The van der Waals surface area contributed by atoms with E-state index in [1.165, 1.54) is 0 Å². The number of nitrogens with zero attached hydrogens (tertiary/aromatic N) is 2. The number of carboxylic acids is 1. The zero-order valence-corrected chi connectivity index (χ0v) is 21.7. The van der Waals surface area contributed by atoms with Crippen molar-refractivity contribution >= 4 is 84.0 Å². The van der Waals surface area contributed by atoms with Crippen molar-refractivity contribution in [3.63, 3.8) is 0 Å². The second-order valence-electron chi connectivity index (χ2n) is 7.23. The molecule has 2 unspecified atom stereocenters. The highest BCUT2D eigenvalue weighted by Gasteiger charge is 2.56. The Balaban J connectivity index is 2.05. The average molecular weight is 618 g/mol. The largest absolute Gasteiger partial charge is 0.477 e. The number of rotatable bonds is 5. The molecule has 3 aromatic rings. The predicted molar refractivity (Wildman–Crippen MR) is 138 cm³/mol. The van der Waals surface area contributed by atoms with E-state index < -0.39 is 17.4 Å². The van der Waals surface area contributed by atoms with Gasteiger partial charge in [0.2, 0.25) is 0 Å². The zero-order chi connectivity index (χ0) is 23.0. The summed E-state index contributed by atoms with van der Waals surface area (Å²) in [5, 5.41) is 18.2. The van der Waals surface area contributed by atoms with Crippen LogP contribution in [-0.4, -0.2) is 22.1 Å². The lowest BCUT2D eigenvalue weighted by atomic mass is 9.70. The number of carboxylic acid groups (broad SMARTS) is 1. The minimum atomic E-state index is -1.12. The highest BCUT2D eigenvalue weighted by atomic mass is 79.9. The summed E-state index contributed by atoms with van der Waals surface area (Å²) in [5.74, 6) is -1.12. The Bertz CT molecular complexity index is 1220. The van der Waals surface area contributed by atoms with E-state index in [9.17, 15) is 9.90 Å². The molecule has 32 heavy (non-hydrogen) atoms. The smallest absolute Gasteiger partial charge is 0.353 e. The van der Waals surface area contributed by atoms with Crippen LogP contribution in [0.25, 0.3) is 0 Å². The van der Waals surface area contributed by atoms with Crippen molar-refractivity contribution in [3.05, 3.63) is 97.4 Å². The molecule has 0 aliphatic carbocycles. The van der Waals surface area contributed by atoms with E-state index in [0.717, 1.165) is 15.6 Å². The minimum Gasteiger partial charge on any atom is -0.477 e. The fraction of sp³-hybridized carbons (Fsp3) is 0.130. The van der Waals surface area contributed by atoms with Crippen LogP contribution >= 0.6 is 66.7 Å². The van der Waals surface area contributed by atoms with E-state index in [1.54, 1.807) is 35.3 Å². The Kier molecular flexibility index (Phi) is 6.89. The molecular weight excluding hydrogens is 602 g/mol. The van der Waals surface area contributed by atoms with E-state index in [-0.39, 0.29) is 5.71 Å². The third-order valence-corrected chi connectivity index (χ3v) is 7.82. The molecular formula is C23H15Br2Cl3N2O2. The minimum absolute atomic E-state index is 0.00718. The maximum Gasteiger partial charge on any atom is 0.353 e. The van der Waals surface area contributed by atoms with Gasteiger partial charge in [0.05, 0.1) is 22.2 Å². The number of anilines is 1. The second kappa shape index (κ2) is 9.35. The number of hydrazone groups is 1. The van der Waals surface area contributed by atoms with Crippen LogP contribution in [0.15, 0.2) is 76.3 Å². The molecule has 0 spiro atoms. The summed E-state index contributed by atoms with van der Waals surface area (Å²) in [7, 11) is 0. The van der Waals surface area contributed by atoms with Gasteiger partial charge in [-0.1, -0.05) is 97.0 Å². The number of aliphatic carboxylic acids is 1. The Morgan fingerprint density at radius 3 is 2.28 bits per heavy atom. The molecule has 4 rings (SSSR count). The molecule has 164 valence electrons. The van der Waals surface area contributed by atoms with Crippen molar-refractivity contribution in [1.82, 2.24) is 0 Å². The molecule has 2 atom stereocenters. The van der Waals surface area contributed by atoms with Gasteiger partial charge in [0.1, 0.15) is 0 Å². The van der Waals surface area contributed by atoms with Gasteiger partial charge in [-0.05, 0) is 47.5 Å². The molecule has 0 radical (unpaired) electrons. The number of halogens is 5. The van der Waals surface area contributed by atoms with Crippen molar-refractivity contribution in [2.45, 2.75) is 11.5 Å². The van der Waals surface area contributed by atoms with Crippen LogP contribution in [0.5, 0.6) is 0 Å². The van der Waals surface area contributed by atoms with Crippen LogP contribution in [0.4, 0.5) is 5.69 Å². The summed E-state index contributed by atoms with van der Waals surface area (Å²) in [6.07, 6.45) is 0. The molecule has 0 aromatic heterocycles. The number of hydrogen-bond donors (Lipinski definition) is 1. The summed E-state index contributed by atoms with van der Waals surface area (Å²) < 4.78 is 0.774. The van der Waals surface area contributed by atoms with Gasteiger partial charge >= 0.3 is 5.97 Å². The molecule has 1 aliphatic heterocycles. The quantitative estimate of drug-likeness (QED) is 0.298.